The first-order valence-corrected chi connectivity index (χ1v) is 14.3. The van der Waals surface area contributed by atoms with Gasteiger partial charge < -0.3 is 15.2 Å². The van der Waals surface area contributed by atoms with Crippen LogP contribution in [0.25, 0.3) is 0 Å². The Labute approximate surface area is 241 Å². The molecule has 2 aliphatic rings. The van der Waals surface area contributed by atoms with E-state index in [1.165, 1.54) is 10.0 Å². The number of hydrogen-bond acceptors (Lipinski definition) is 5. The zero-order valence-electron chi connectivity index (χ0n) is 23.6. The average molecular weight is 552 g/mol. The molecule has 0 radical (unpaired) electrons. The van der Waals surface area contributed by atoms with Crippen LogP contribution in [0.1, 0.15) is 46.0 Å². The molecule has 3 aromatic rings. The van der Waals surface area contributed by atoms with Crippen LogP contribution >= 0.6 is 0 Å². The Bertz CT molecular complexity index is 1360. The van der Waals surface area contributed by atoms with Gasteiger partial charge in [-0.15, -0.1) is 0 Å². The Morgan fingerprint density at radius 1 is 0.829 bits per heavy atom. The monoisotopic (exact) mass is 551 g/mol. The van der Waals surface area contributed by atoms with Gasteiger partial charge in [-0.3, -0.25) is 9.59 Å². The van der Waals surface area contributed by atoms with E-state index in [1.54, 1.807) is 12.2 Å². The van der Waals surface area contributed by atoms with Crippen LogP contribution in [-0.2, 0) is 14.3 Å². The van der Waals surface area contributed by atoms with E-state index in [4.69, 9.17) is 4.74 Å². The normalized spacial score (nSPS) is 20.2. The molecule has 1 heterocycles. The number of hydrogen-bond donors (Lipinski definition) is 2. The third-order valence-electron chi connectivity index (χ3n) is 7.68. The molecule has 1 fully saturated rings. The summed E-state index contributed by atoms with van der Waals surface area (Å²) in [6, 6.07) is 28.3. The molecule has 41 heavy (non-hydrogen) atoms. The minimum atomic E-state index is -1.48. The van der Waals surface area contributed by atoms with E-state index in [-0.39, 0.29) is 24.7 Å². The maximum absolute atomic E-state index is 14.6. The summed E-state index contributed by atoms with van der Waals surface area (Å²) in [5, 5.41) is 17.7. The van der Waals surface area contributed by atoms with Gasteiger partial charge in [0, 0.05) is 24.4 Å². The van der Waals surface area contributed by atoms with Crippen molar-refractivity contribution in [1.29, 1.82) is 0 Å². The first-order valence-electron chi connectivity index (χ1n) is 14.3. The molecule has 1 aliphatic carbocycles. The number of carbonyl (C=O) groups is 2. The summed E-state index contributed by atoms with van der Waals surface area (Å²) in [7, 11) is 0. The number of nitrogens with one attached hydrogen (secondary N) is 1. The van der Waals surface area contributed by atoms with Crippen molar-refractivity contribution in [3.05, 3.63) is 114 Å². The minimum absolute atomic E-state index is 0.165. The van der Waals surface area contributed by atoms with Crippen molar-refractivity contribution >= 4 is 28.9 Å². The lowest BCUT2D eigenvalue weighted by atomic mass is 9.74. The fourth-order valence-corrected chi connectivity index (χ4v) is 5.63. The fraction of sp³-hybridized carbons (Fsp3) is 0.294. The Morgan fingerprint density at radius 2 is 1.37 bits per heavy atom. The van der Waals surface area contributed by atoms with Gasteiger partial charge in [0.25, 0.3) is 11.8 Å². The molecule has 1 atom stereocenters. The summed E-state index contributed by atoms with van der Waals surface area (Å²) < 4.78 is 5.68. The summed E-state index contributed by atoms with van der Waals surface area (Å²) in [5.41, 5.74) is 2.29. The number of hydrazine groups is 1. The Kier molecular flexibility index (Phi) is 8.38. The van der Waals surface area contributed by atoms with Gasteiger partial charge in [-0.1, -0.05) is 80.4 Å². The van der Waals surface area contributed by atoms with Crippen LogP contribution in [0.5, 0.6) is 0 Å². The van der Waals surface area contributed by atoms with Crippen molar-refractivity contribution in [3.8, 4) is 0 Å². The smallest absolute Gasteiger partial charge is 0.262 e. The predicted octanol–water partition coefficient (Wildman–Crippen LogP) is 6.60. The quantitative estimate of drug-likeness (QED) is 0.207. The van der Waals surface area contributed by atoms with Gasteiger partial charge in [0.1, 0.15) is 5.41 Å². The molecular weight excluding hydrogens is 514 g/mol. The topological polar surface area (TPSA) is 82.1 Å². The zero-order valence-corrected chi connectivity index (χ0v) is 23.6. The van der Waals surface area contributed by atoms with Crippen molar-refractivity contribution in [2.24, 2.45) is 5.41 Å². The van der Waals surface area contributed by atoms with Gasteiger partial charge in [-0.2, -0.15) is 0 Å². The third kappa shape index (κ3) is 5.69. The highest BCUT2D eigenvalue weighted by atomic mass is 16.6. The zero-order chi connectivity index (χ0) is 28.9. The first-order chi connectivity index (χ1) is 19.9. The maximum Gasteiger partial charge on any atom is 0.262 e. The minimum Gasteiger partial charge on any atom is -0.362 e. The SMILES string of the molecule is CCCCC1(CC2=C(Nc3ccccc3)CC(O)(OCC)C=C2)C(=O)N(c2ccccc2)N(c2ccccc2)C1=O. The lowest BCUT2D eigenvalue weighted by Gasteiger charge is -2.33. The van der Waals surface area contributed by atoms with Gasteiger partial charge in [0.05, 0.1) is 11.4 Å². The molecule has 0 spiro atoms. The number of ether oxygens (including phenoxy) is 1. The Hall–Kier alpha value is -4.20. The summed E-state index contributed by atoms with van der Waals surface area (Å²) in [6.07, 6.45) is 5.74. The van der Waals surface area contributed by atoms with Crippen LogP contribution < -0.4 is 15.3 Å². The van der Waals surface area contributed by atoms with Gasteiger partial charge in [-0.25, -0.2) is 10.0 Å². The molecule has 5 rings (SSSR count). The highest BCUT2D eigenvalue weighted by molar-refractivity contribution is 6.26. The number of amides is 2. The number of carbonyl (C=O) groups excluding carboxylic acids is 2. The Morgan fingerprint density at radius 3 is 1.88 bits per heavy atom. The number of benzene rings is 3. The number of nitrogens with zero attached hydrogens (tertiary/aromatic N) is 2. The van der Waals surface area contributed by atoms with Gasteiger partial charge in [-0.05, 0) is 67.8 Å². The molecule has 7 heteroatoms. The van der Waals surface area contributed by atoms with Crippen LogP contribution in [-0.4, -0.2) is 29.3 Å². The average Bonchev–Trinajstić information content (AvgIpc) is 3.21. The van der Waals surface area contributed by atoms with E-state index in [1.807, 2.05) is 97.9 Å². The summed E-state index contributed by atoms with van der Waals surface area (Å²) in [6.45, 7) is 4.23. The molecule has 212 valence electrons. The van der Waals surface area contributed by atoms with Crippen molar-refractivity contribution in [2.45, 2.75) is 51.7 Å². The van der Waals surface area contributed by atoms with E-state index < -0.39 is 11.2 Å². The fourth-order valence-electron chi connectivity index (χ4n) is 5.63. The second-order valence-electron chi connectivity index (χ2n) is 10.6. The molecular formula is C34H37N3O4. The van der Waals surface area contributed by atoms with E-state index in [9.17, 15) is 14.7 Å². The first kappa shape index (κ1) is 28.3. The van der Waals surface area contributed by atoms with Crippen LogP contribution in [0.4, 0.5) is 17.1 Å². The molecule has 7 nitrogen and oxygen atoms in total. The largest absolute Gasteiger partial charge is 0.362 e. The van der Waals surface area contributed by atoms with Crippen LogP contribution in [0.3, 0.4) is 0 Å². The molecule has 1 aliphatic heterocycles. The van der Waals surface area contributed by atoms with Gasteiger partial charge in [0.15, 0.2) is 5.79 Å². The summed E-state index contributed by atoms with van der Waals surface area (Å²) in [4.78, 5) is 29.2. The molecule has 2 amide bonds. The van der Waals surface area contributed by atoms with Gasteiger partial charge >= 0.3 is 0 Å². The molecule has 0 aromatic heterocycles. The highest BCUT2D eigenvalue weighted by Gasteiger charge is 2.59. The number of allylic oxidation sites excluding steroid dienone is 2. The van der Waals surface area contributed by atoms with E-state index >= 15 is 0 Å². The van der Waals surface area contributed by atoms with Crippen LogP contribution in [0.2, 0.25) is 0 Å². The predicted molar refractivity (Wildman–Crippen MR) is 162 cm³/mol. The molecule has 3 aromatic carbocycles. The summed E-state index contributed by atoms with van der Waals surface area (Å²) >= 11 is 0. The van der Waals surface area contributed by atoms with Crippen molar-refractivity contribution in [3.63, 3.8) is 0 Å². The number of aliphatic hydroxyl groups is 1. The number of rotatable bonds is 11. The van der Waals surface area contributed by atoms with Crippen LogP contribution in [0, 0.1) is 5.41 Å². The maximum atomic E-state index is 14.6. The number of anilines is 3. The van der Waals surface area contributed by atoms with Crippen LogP contribution in [0.15, 0.2) is 114 Å². The lowest BCUT2D eigenvalue weighted by molar-refractivity contribution is -0.162. The third-order valence-corrected chi connectivity index (χ3v) is 7.68. The number of para-hydroxylation sites is 3. The molecule has 2 N–H and O–H groups in total. The Balaban J connectivity index is 1.62. The van der Waals surface area contributed by atoms with E-state index in [0.717, 1.165) is 23.4 Å². The van der Waals surface area contributed by atoms with E-state index in [2.05, 4.69) is 12.2 Å². The highest BCUT2D eigenvalue weighted by Crippen LogP contribution is 2.47. The molecule has 1 saturated heterocycles. The molecule has 0 saturated carbocycles. The van der Waals surface area contributed by atoms with Gasteiger partial charge in [0.2, 0.25) is 0 Å². The standard InChI is InChI=1S/C34H37N3O4/c1-3-5-22-33(24-26-21-23-34(40,41-4-2)25-30(26)35-27-15-9-6-10-16-27)31(38)36(28-17-11-7-12-18-28)37(32(33)39)29-19-13-8-14-20-29/h6-21,23,35,40H,3-5,22,24-25H2,1-2H3. The molecule has 0 bridgehead atoms. The molecule has 1 unspecified atom stereocenters. The second-order valence-corrected chi connectivity index (χ2v) is 10.6. The summed E-state index contributed by atoms with van der Waals surface area (Å²) in [5.74, 6) is -1.99. The van der Waals surface area contributed by atoms with Crippen molar-refractivity contribution in [1.82, 2.24) is 0 Å². The lowest BCUT2D eigenvalue weighted by Crippen LogP contribution is -2.41. The van der Waals surface area contributed by atoms with Crippen molar-refractivity contribution < 1.29 is 19.4 Å². The second kappa shape index (κ2) is 12.1. The van der Waals surface area contributed by atoms with E-state index in [0.29, 0.717) is 30.8 Å². The number of unbranched alkanes of at least 4 members (excludes halogenated alkanes) is 1. The van der Waals surface area contributed by atoms with Crippen molar-refractivity contribution in [2.75, 3.05) is 21.9 Å².